The zero-order chi connectivity index (χ0) is 21.0. The van der Waals surface area contributed by atoms with E-state index in [1.165, 1.54) is 5.56 Å². The van der Waals surface area contributed by atoms with Gasteiger partial charge in [0.1, 0.15) is 11.4 Å². The predicted octanol–water partition coefficient (Wildman–Crippen LogP) is 2.93. The second kappa shape index (κ2) is 9.03. The molecule has 1 aliphatic heterocycles. The fourth-order valence-corrected chi connectivity index (χ4v) is 3.46. The lowest BCUT2D eigenvalue weighted by Gasteiger charge is -2.31. The summed E-state index contributed by atoms with van der Waals surface area (Å²) in [6, 6.07) is 7.99. The van der Waals surface area contributed by atoms with E-state index >= 15 is 0 Å². The van der Waals surface area contributed by atoms with Crippen LogP contribution in [0.2, 0.25) is 0 Å². The number of nitrogens with zero attached hydrogens (tertiary/aromatic N) is 4. The number of esters is 1. The largest absolute Gasteiger partial charge is 0.466 e. The van der Waals surface area contributed by atoms with Crippen LogP contribution in [-0.4, -0.2) is 60.5 Å². The zero-order valence-electron chi connectivity index (χ0n) is 17.5. The maximum absolute atomic E-state index is 13.1. The molecule has 0 bridgehead atoms. The summed E-state index contributed by atoms with van der Waals surface area (Å²) in [5.41, 5.74) is 2.55. The number of aryl methyl sites for hydroxylation is 1. The highest BCUT2D eigenvalue weighted by Crippen LogP contribution is 2.25. The molecular weight excluding hydrogens is 368 g/mol. The molecule has 1 amide bonds. The lowest BCUT2D eigenvalue weighted by molar-refractivity contribution is -0.149. The molecule has 0 radical (unpaired) electrons. The van der Waals surface area contributed by atoms with Gasteiger partial charge >= 0.3 is 5.97 Å². The fraction of sp³-hybridized carbons (Fsp3) is 0.455. The second-order valence-corrected chi connectivity index (χ2v) is 7.51. The van der Waals surface area contributed by atoms with Crippen molar-refractivity contribution in [2.75, 3.05) is 38.7 Å². The van der Waals surface area contributed by atoms with Crippen LogP contribution in [0.15, 0.2) is 30.5 Å². The number of hydrogen-bond acceptors (Lipinski definition) is 6. The number of anilines is 1. The number of ether oxygens (including phenoxy) is 1. The fourth-order valence-electron chi connectivity index (χ4n) is 3.46. The molecule has 154 valence electrons. The van der Waals surface area contributed by atoms with E-state index in [2.05, 4.69) is 9.97 Å². The van der Waals surface area contributed by atoms with Gasteiger partial charge in [0, 0.05) is 38.9 Å². The maximum atomic E-state index is 13.1. The van der Waals surface area contributed by atoms with E-state index in [0.29, 0.717) is 49.7 Å². The first-order valence-corrected chi connectivity index (χ1v) is 9.98. The third kappa shape index (κ3) is 4.72. The second-order valence-electron chi connectivity index (χ2n) is 7.51. The van der Waals surface area contributed by atoms with E-state index in [1.54, 1.807) is 18.0 Å². The topological polar surface area (TPSA) is 75.6 Å². The first-order chi connectivity index (χ1) is 13.9. The van der Waals surface area contributed by atoms with Gasteiger partial charge in [-0.1, -0.05) is 29.8 Å². The first-order valence-electron chi connectivity index (χ1n) is 9.98. The standard InChI is InChI=1S/C22H28N4O3/c1-5-29-22(28)17-10-12-26(13-11-17)21(27)18-14-23-19(24-20(18)25(3)4)16-8-6-15(2)7-9-16/h6-9,14,17H,5,10-13H2,1-4H3. The Kier molecular flexibility index (Phi) is 6.46. The molecule has 2 aromatic rings. The summed E-state index contributed by atoms with van der Waals surface area (Å²) in [4.78, 5) is 37.7. The van der Waals surface area contributed by atoms with Crippen molar-refractivity contribution < 1.29 is 14.3 Å². The van der Waals surface area contributed by atoms with Crippen molar-refractivity contribution in [1.29, 1.82) is 0 Å². The molecule has 0 unspecified atom stereocenters. The number of carbonyl (C=O) groups excluding carboxylic acids is 2. The number of aromatic nitrogens is 2. The van der Waals surface area contributed by atoms with E-state index < -0.39 is 0 Å². The Morgan fingerprint density at radius 1 is 1.17 bits per heavy atom. The van der Waals surface area contributed by atoms with E-state index in [0.717, 1.165) is 5.56 Å². The van der Waals surface area contributed by atoms with Crippen LogP contribution in [0.5, 0.6) is 0 Å². The smallest absolute Gasteiger partial charge is 0.309 e. The molecule has 2 heterocycles. The Morgan fingerprint density at radius 3 is 2.41 bits per heavy atom. The minimum Gasteiger partial charge on any atom is -0.466 e. The summed E-state index contributed by atoms with van der Waals surface area (Å²) in [5, 5.41) is 0. The van der Waals surface area contributed by atoms with Crippen LogP contribution in [0.3, 0.4) is 0 Å². The van der Waals surface area contributed by atoms with Crippen molar-refractivity contribution in [3.8, 4) is 11.4 Å². The molecule has 1 saturated heterocycles. The van der Waals surface area contributed by atoms with E-state index in [1.807, 2.05) is 50.2 Å². The van der Waals surface area contributed by atoms with Gasteiger partial charge in [-0.05, 0) is 26.7 Å². The molecule has 1 fully saturated rings. The summed E-state index contributed by atoms with van der Waals surface area (Å²) in [5.74, 6) is 0.776. The highest BCUT2D eigenvalue weighted by molar-refractivity contribution is 5.99. The molecule has 0 atom stereocenters. The Hall–Kier alpha value is -2.96. The summed E-state index contributed by atoms with van der Waals surface area (Å²) in [7, 11) is 3.73. The molecule has 29 heavy (non-hydrogen) atoms. The van der Waals surface area contributed by atoms with Gasteiger partial charge in [-0.15, -0.1) is 0 Å². The molecule has 0 aliphatic carbocycles. The Balaban J connectivity index is 1.78. The highest BCUT2D eigenvalue weighted by Gasteiger charge is 2.30. The number of hydrogen-bond donors (Lipinski definition) is 0. The lowest BCUT2D eigenvalue weighted by Crippen LogP contribution is -2.41. The average molecular weight is 396 g/mol. The van der Waals surface area contributed by atoms with Crippen molar-refractivity contribution in [2.24, 2.45) is 5.92 Å². The van der Waals surface area contributed by atoms with Crippen molar-refractivity contribution in [1.82, 2.24) is 14.9 Å². The van der Waals surface area contributed by atoms with Crippen molar-refractivity contribution in [3.63, 3.8) is 0 Å². The van der Waals surface area contributed by atoms with Crippen LogP contribution in [0.4, 0.5) is 5.82 Å². The van der Waals surface area contributed by atoms with Crippen molar-refractivity contribution >= 4 is 17.7 Å². The molecule has 1 aliphatic rings. The van der Waals surface area contributed by atoms with Crippen LogP contribution in [0.1, 0.15) is 35.7 Å². The predicted molar refractivity (Wildman–Crippen MR) is 112 cm³/mol. The molecule has 7 nitrogen and oxygen atoms in total. The third-order valence-corrected chi connectivity index (χ3v) is 5.13. The first kappa shape index (κ1) is 20.8. The molecule has 3 rings (SSSR count). The third-order valence-electron chi connectivity index (χ3n) is 5.13. The minimum atomic E-state index is -0.167. The van der Waals surface area contributed by atoms with Crippen molar-refractivity contribution in [3.05, 3.63) is 41.6 Å². The number of benzene rings is 1. The molecule has 0 N–H and O–H groups in total. The Morgan fingerprint density at radius 2 is 1.83 bits per heavy atom. The number of carbonyl (C=O) groups is 2. The summed E-state index contributed by atoms with van der Waals surface area (Å²) < 4.78 is 5.11. The van der Waals surface area contributed by atoms with Gasteiger partial charge in [0.25, 0.3) is 5.91 Å². The van der Waals surface area contributed by atoms with Gasteiger partial charge in [-0.3, -0.25) is 9.59 Å². The van der Waals surface area contributed by atoms with Crippen LogP contribution in [0, 0.1) is 12.8 Å². The summed E-state index contributed by atoms with van der Waals surface area (Å²) in [6.07, 6.45) is 2.84. The van der Waals surface area contributed by atoms with E-state index in [9.17, 15) is 9.59 Å². The Bertz CT molecular complexity index is 872. The zero-order valence-corrected chi connectivity index (χ0v) is 17.5. The van der Waals surface area contributed by atoms with Crippen LogP contribution in [-0.2, 0) is 9.53 Å². The quantitative estimate of drug-likeness (QED) is 0.724. The van der Waals surface area contributed by atoms with Crippen LogP contribution in [0.25, 0.3) is 11.4 Å². The normalized spacial score (nSPS) is 14.6. The molecule has 1 aromatic heterocycles. The molecule has 0 spiro atoms. The van der Waals surface area contributed by atoms with Gasteiger partial charge in [0.05, 0.1) is 12.5 Å². The molecular formula is C22H28N4O3. The van der Waals surface area contributed by atoms with Gasteiger partial charge in [-0.2, -0.15) is 0 Å². The van der Waals surface area contributed by atoms with E-state index in [4.69, 9.17) is 4.74 Å². The van der Waals surface area contributed by atoms with E-state index in [-0.39, 0.29) is 17.8 Å². The average Bonchev–Trinajstić information content (AvgIpc) is 2.73. The monoisotopic (exact) mass is 396 g/mol. The van der Waals surface area contributed by atoms with Crippen LogP contribution < -0.4 is 4.90 Å². The van der Waals surface area contributed by atoms with Gasteiger partial charge in [-0.25, -0.2) is 9.97 Å². The number of likely N-dealkylation sites (tertiary alicyclic amines) is 1. The number of rotatable bonds is 5. The molecule has 0 saturated carbocycles. The van der Waals surface area contributed by atoms with Gasteiger partial charge < -0.3 is 14.5 Å². The minimum absolute atomic E-state index is 0.105. The SMILES string of the molecule is CCOC(=O)C1CCN(C(=O)c2cnc(-c3ccc(C)cc3)nc2N(C)C)CC1. The summed E-state index contributed by atoms with van der Waals surface area (Å²) >= 11 is 0. The van der Waals surface area contributed by atoms with Gasteiger partial charge in [0.2, 0.25) is 0 Å². The van der Waals surface area contributed by atoms with Crippen LogP contribution >= 0.6 is 0 Å². The highest BCUT2D eigenvalue weighted by atomic mass is 16.5. The molecule has 7 heteroatoms. The van der Waals surface area contributed by atoms with Crippen molar-refractivity contribution in [2.45, 2.75) is 26.7 Å². The number of piperidine rings is 1. The molecule has 1 aromatic carbocycles. The number of amides is 1. The summed E-state index contributed by atoms with van der Waals surface area (Å²) in [6.45, 7) is 5.26. The Labute approximate surface area is 171 Å². The van der Waals surface area contributed by atoms with Gasteiger partial charge in [0.15, 0.2) is 5.82 Å². The maximum Gasteiger partial charge on any atom is 0.309 e. The lowest BCUT2D eigenvalue weighted by atomic mass is 9.96.